The van der Waals surface area contributed by atoms with Crippen molar-refractivity contribution >= 4 is 11.6 Å². The number of nitrogens with zero attached hydrogens (tertiary/aromatic N) is 1. The number of nitrogens with one attached hydrogen (secondary N) is 1. The van der Waals surface area contributed by atoms with Crippen LogP contribution in [0.25, 0.3) is 0 Å². The number of benzene rings is 2. The maximum atomic E-state index is 12.3. The lowest BCUT2D eigenvalue weighted by Crippen LogP contribution is -2.37. The molecule has 0 aromatic heterocycles. The number of anilines is 1. The molecule has 0 saturated carbocycles. The number of carbonyl (C=O) groups is 1. The largest absolute Gasteiger partial charge is 0.399 e. The second-order valence-corrected chi connectivity index (χ2v) is 6.96. The lowest BCUT2D eigenvalue weighted by Gasteiger charge is -2.20. The zero-order chi connectivity index (χ0) is 17.6. The quantitative estimate of drug-likeness (QED) is 0.797. The maximum absolute atomic E-state index is 12.3. The van der Waals surface area contributed by atoms with E-state index in [0.717, 1.165) is 30.8 Å². The third-order valence-electron chi connectivity index (χ3n) is 4.97. The topological polar surface area (TPSA) is 58.4 Å². The van der Waals surface area contributed by atoms with E-state index >= 15 is 0 Å². The Hall–Kier alpha value is -2.33. The first kappa shape index (κ1) is 17.5. The molecule has 2 atom stereocenters. The van der Waals surface area contributed by atoms with Gasteiger partial charge in [-0.3, -0.25) is 9.69 Å². The van der Waals surface area contributed by atoms with E-state index in [2.05, 4.69) is 41.4 Å². The van der Waals surface area contributed by atoms with Crippen molar-refractivity contribution in [3.05, 3.63) is 65.7 Å². The van der Waals surface area contributed by atoms with Gasteiger partial charge in [0, 0.05) is 37.3 Å². The molecule has 0 radical (unpaired) electrons. The third kappa shape index (κ3) is 4.83. The molecule has 2 unspecified atom stereocenters. The molecule has 1 aliphatic rings. The fourth-order valence-electron chi connectivity index (χ4n) is 3.55. The Kier molecular flexibility index (Phi) is 5.71. The van der Waals surface area contributed by atoms with Crippen LogP contribution >= 0.6 is 0 Å². The van der Waals surface area contributed by atoms with E-state index in [1.54, 1.807) is 0 Å². The second kappa shape index (κ2) is 8.17. The predicted molar refractivity (Wildman–Crippen MR) is 102 cm³/mol. The highest BCUT2D eigenvalue weighted by atomic mass is 16.1. The SMILES string of the molecule is CC1CC(NC(=O)CCc2ccccc2N)CN1Cc1ccccc1. The molecule has 3 N–H and O–H groups in total. The summed E-state index contributed by atoms with van der Waals surface area (Å²) in [5.41, 5.74) is 9.07. The number of nitrogen functional groups attached to an aromatic ring is 1. The number of aryl methyl sites for hydroxylation is 1. The van der Waals surface area contributed by atoms with Crippen LogP contribution in [0.5, 0.6) is 0 Å². The van der Waals surface area contributed by atoms with Crippen molar-refractivity contribution < 1.29 is 4.79 Å². The van der Waals surface area contributed by atoms with Crippen LogP contribution in [0.15, 0.2) is 54.6 Å². The minimum atomic E-state index is 0.113. The Morgan fingerprint density at radius 2 is 1.88 bits per heavy atom. The summed E-state index contributed by atoms with van der Waals surface area (Å²) in [6.45, 7) is 4.09. The van der Waals surface area contributed by atoms with Crippen LogP contribution in [0.4, 0.5) is 5.69 Å². The number of carbonyl (C=O) groups excluding carboxylic acids is 1. The normalized spacial score (nSPS) is 20.5. The Morgan fingerprint density at radius 3 is 2.64 bits per heavy atom. The molecular formula is C21H27N3O. The summed E-state index contributed by atoms with van der Waals surface area (Å²) in [6.07, 6.45) is 2.18. The number of para-hydroxylation sites is 1. The predicted octanol–water partition coefficient (Wildman–Crippen LogP) is 2.98. The molecule has 25 heavy (non-hydrogen) atoms. The van der Waals surface area contributed by atoms with E-state index in [1.165, 1.54) is 5.56 Å². The first-order chi connectivity index (χ1) is 12.1. The molecule has 1 fully saturated rings. The van der Waals surface area contributed by atoms with Gasteiger partial charge in [-0.25, -0.2) is 0 Å². The minimum Gasteiger partial charge on any atom is -0.399 e. The van der Waals surface area contributed by atoms with Crippen LogP contribution in [0.2, 0.25) is 0 Å². The third-order valence-corrected chi connectivity index (χ3v) is 4.97. The molecule has 2 aromatic rings. The van der Waals surface area contributed by atoms with Gasteiger partial charge >= 0.3 is 0 Å². The molecule has 4 nitrogen and oxygen atoms in total. The lowest BCUT2D eigenvalue weighted by molar-refractivity contribution is -0.121. The van der Waals surface area contributed by atoms with Gasteiger partial charge in [0.05, 0.1) is 0 Å². The Bertz CT molecular complexity index is 701. The summed E-state index contributed by atoms with van der Waals surface area (Å²) in [5.74, 6) is 0.113. The smallest absolute Gasteiger partial charge is 0.220 e. The summed E-state index contributed by atoms with van der Waals surface area (Å²) < 4.78 is 0. The first-order valence-corrected chi connectivity index (χ1v) is 9.02. The number of rotatable bonds is 6. The van der Waals surface area contributed by atoms with Gasteiger partial charge in [0.2, 0.25) is 5.91 Å². The van der Waals surface area contributed by atoms with E-state index in [0.29, 0.717) is 18.9 Å². The Labute approximate surface area is 150 Å². The molecule has 1 aliphatic heterocycles. The summed E-state index contributed by atoms with van der Waals surface area (Å²) in [5, 5.41) is 3.19. The van der Waals surface area contributed by atoms with Crippen LogP contribution in [-0.4, -0.2) is 29.4 Å². The zero-order valence-electron chi connectivity index (χ0n) is 14.8. The minimum absolute atomic E-state index is 0.113. The number of likely N-dealkylation sites (tertiary alicyclic amines) is 1. The standard InChI is InChI=1S/C21H27N3O/c1-16-13-19(15-24(16)14-17-7-3-2-4-8-17)23-21(25)12-11-18-9-5-6-10-20(18)22/h2-10,16,19H,11-15,22H2,1H3,(H,23,25). The van der Waals surface area contributed by atoms with Gasteiger partial charge in [0.15, 0.2) is 0 Å². The maximum Gasteiger partial charge on any atom is 0.220 e. The highest BCUT2D eigenvalue weighted by Crippen LogP contribution is 2.20. The van der Waals surface area contributed by atoms with Gasteiger partial charge in [-0.15, -0.1) is 0 Å². The van der Waals surface area contributed by atoms with Crippen molar-refractivity contribution in [2.45, 2.75) is 44.8 Å². The number of nitrogens with two attached hydrogens (primary N) is 1. The first-order valence-electron chi connectivity index (χ1n) is 9.02. The molecule has 3 rings (SSSR count). The molecule has 2 aromatic carbocycles. The highest BCUT2D eigenvalue weighted by molar-refractivity contribution is 5.76. The van der Waals surface area contributed by atoms with Gasteiger partial charge < -0.3 is 11.1 Å². The number of hydrogen-bond donors (Lipinski definition) is 2. The van der Waals surface area contributed by atoms with Gasteiger partial charge in [-0.05, 0) is 37.0 Å². The Morgan fingerprint density at radius 1 is 1.16 bits per heavy atom. The van der Waals surface area contributed by atoms with Gasteiger partial charge in [-0.2, -0.15) is 0 Å². The molecule has 1 amide bonds. The van der Waals surface area contributed by atoms with Crippen molar-refractivity contribution in [2.75, 3.05) is 12.3 Å². The van der Waals surface area contributed by atoms with Crippen molar-refractivity contribution in [1.29, 1.82) is 0 Å². The summed E-state index contributed by atoms with van der Waals surface area (Å²) in [6, 6.07) is 19.0. The lowest BCUT2D eigenvalue weighted by atomic mass is 10.1. The Balaban J connectivity index is 1.47. The van der Waals surface area contributed by atoms with E-state index in [-0.39, 0.29) is 11.9 Å². The van der Waals surface area contributed by atoms with E-state index in [9.17, 15) is 4.79 Å². The van der Waals surface area contributed by atoms with Crippen LogP contribution in [0.3, 0.4) is 0 Å². The number of hydrogen-bond acceptors (Lipinski definition) is 3. The van der Waals surface area contributed by atoms with Crippen molar-refractivity contribution in [3.8, 4) is 0 Å². The average Bonchev–Trinajstić information content (AvgIpc) is 2.94. The number of amides is 1. The van der Waals surface area contributed by atoms with Gasteiger partial charge in [0.25, 0.3) is 0 Å². The molecule has 132 valence electrons. The summed E-state index contributed by atoms with van der Waals surface area (Å²) >= 11 is 0. The van der Waals surface area contributed by atoms with Gasteiger partial charge in [0.1, 0.15) is 0 Å². The second-order valence-electron chi connectivity index (χ2n) is 6.96. The van der Waals surface area contributed by atoms with E-state index in [4.69, 9.17) is 5.73 Å². The molecule has 0 aliphatic carbocycles. The fraction of sp³-hybridized carbons (Fsp3) is 0.381. The molecule has 1 heterocycles. The fourth-order valence-corrected chi connectivity index (χ4v) is 3.55. The average molecular weight is 337 g/mol. The summed E-state index contributed by atoms with van der Waals surface area (Å²) in [4.78, 5) is 14.7. The molecule has 1 saturated heterocycles. The van der Waals surface area contributed by atoms with Crippen molar-refractivity contribution in [2.24, 2.45) is 0 Å². The molecule has 0 bridgehead atoms. The van der Waals surface area contributed by atoms with E-state index < -0.39 is 0 Å². The van der Waals surface area contributed by atoms with Crippen LogP contribution in [0, 0.1) is 0 Å². The molecule has 0 spiro atoms. The monoisotopic (exact) mass is 337 g/mol. The molecule has 4 heteroatoms. The van der Waals surface area contributed by atoms with Gasteiger partial charge in [-0.1, -0.05) is 48.5 Å². The molecular weight excluding hydrogens is 310 g/mol. The van der Waals surface area contributed by atoms with Crippen LogP contribution in [0.1, 0.15) is 30.9 Å². The van der Waals surface area contributed by atoms with Crippen molar-refractivity contribution in [3.63, 3.8) is 0 Å². The highest BCUT2D eigenvalue weighted by Gasteiger charge is 2.29. The van der Waals surface area contributed by atoms with Crippen molar-refractivity contribution in [1.82, 2.24) is 10.2 Å². The van der Waals surface area contributed by atoms with Crippen LogP contribution < -0.4 is 11.1 Å². The summed E-state index contributed by atoms with van der Waals surface area (Å²) in [7, 11) is 0. The van der Waals surface area contributed by atoms with E-state index in [1.807, 2.05) is 30.3 Å². The van der Waals surface area contributed by atoms with Crippen LogP contribution in [-0.2, 0) is 17.8 Å². The zero-order valence-corrected chi connectivity index (χ0v) is 14.8.